The third-order valence-corrected chi connectivity index (χ3v) is 4.24. The second-order valence-corrected chi connectivity index (χ2v) is 5.62. The average Bonchev–Trinajstić information content (AvgIpc) is 2.43. The summed E-state index contributed by atoms with van der Waals surface area (Å²) in [5, 5.41) is 2.05. The maximum atomic E-state index is 13.2. The monoisotopic (exact) mass is 277 g/mol. The van der Waals surface area contributed by atoms with Crippen LogP contribution in [-0.2, 0) is 5.41 Å². The van der Waals surface area contributed by atoms with E-state index in [-0.39, 0.29) is 19.4 Å². The van der Waals surface area contributed by atoms with E-state index >= 15 is 0 Å². The van der Waals surface area contributed by atoms with Gasteiger partial charge in [-0.25, -0.2) is 8.78 Å². The third kappa shape index (κ3) is 2.04. The van der Waals surface area contributed by atoms with E-state index in [0.717, 1.165) is 22.1 Å². The predicted octanol–water partition coefficient (Wildman–Crippen LogP) is 3.47. The fourth-order valence-corrected chi connectivity index (χ4v) is 3.09. The van der Waals surface area contributed by atoms with Gasteiger partial charge >= 0.3 is 0 Å². The van der Waals surface area contributed by atoms with E-state index in [1.807, 2.05) is 36.4 Å². The third-order valence-electron chi connectivity index (χ3n) is 4.24. The summed E-state index contributed by atoms with van der Waals surface area (Å²) in [5.74, 6) is -1.79. The molecule has 0 aromatic heterocycles. The van der Waals surface area contributed by atoms with Crippen LogP contribution < -0.4 is 10.5 Å². The minimum absolute atomic E-state index is 0.155. The molecule has 4 heteroatoms. The number of benzene rings is 2. The second-order valence-electron chi connectivity index (χ2n) is 5.62. The predicted molar refractivity (Wildman–Crippen MR) is 75.4 cm³/mol. The first kappa shape index (κ1) is 13.3. The Hall–Kier alpha value is -1.68. The molecule has 106 valence electrons. The van der Waals surface area contributed by atoms with Gasteiger partial charge in [-0.05, 0) is 28.5 Å². The van der Waals surface area contributed by atoms with Gasteiger partial charge in [0.25, 0.3) is 0 Å². The molecule has 2 N–H and O–H groups in total. The molecule has 0 radical (unpaired) electrons. The van der Waals surface area contributed by atoms with Crippen LogP contribution in [0.4, 0.5) is 8.78 Å². The Morgan fingerprint density at radius 2 is 1.75 bits per heavy atom. The number of methoxy groups -OCH3 is 1. The number of fused-ring (bicyclic) bond motifs is 1. The number of ether oxygens (including phenoxy) is 1. The summed E-state index contributed by atoms with van der Waals surface area (Å²) in [4.78, 5) is 0. The molecule has 0 spiro atoms. The van der Waals surface area contributed by atoms with E-state index in [1.165, 1.54) is 0 Å². The topological polar surface area (TPSA) is 35.2 Å². The minimum atomic E-state index is -2.58. The molecular formula is C16H17F2NO. The molecule has 1 aliphatic rings. The van der Waals surface area contributed by atoms with Gasteiger partial charge in [0.2, 0.25) is 5.92 Å². The summed E-state index contributed by atoms with van der Waals surface area (Å²) in [6.45, 7) is 0.254. The summed E-state index contributed by atoms with van der Waals surface area (Å²) < 4.78 is 31.7. The fraction of sp³-hybridized carbons (Fsp3) is 0.375. The largest absolute Gasteiger partial charge is 0.497 e. The molecule has 0 heterocycles. The van der Waals surface area contributed by atoms with Crippen molar-refractivity contribution in [1.29, 1.82) is 0 Å². The van der Waals surface area contributed by atoms with Crippen molar-refractivity contribution in [3.63, 3.8) is 0 Å². The Bertz CT molecular complexity index is 646. The Morgan fingerprint density at radius 1 is 1.10 bits per heavy atom. The van der Waals surface area contributed by atoms with Gasteiger partial charge in [0.1, 0.15) is 5.75 Å². The van der Waals surface area contributed by atoms with Crippen molar-refractivity contribution in [2.75, 3.05) is 13.7 Å². The molecule has 0 aliphatic heterocycles. The number of nitrogens with two attached hydrogens (primary N) is 1. The number of hydrogen-bond acceptors (Lipinski definition) is 2. The normalized spacial score (nSPS) is 19.6. The first-order valence-electron chi connectivity index (χ1n) is 6.64. The van der Waals surface area contributed by atoms with Gasteiger partial charge in [0.05, 0.1) is 7.11 Å². The molecule has 1 fully saturated rings. The number of hydrogen-bond donors (Lipinski definition) is 1. The number of halogens is 2. The molecule has 2 aromatic carbocycles. The zero-order valence-corrected chi connectivity index (χ0v) is 11.3. The van der Waals surface area contributed by atoms with Crippen molar-refractivity contribution in [1.82, 2.24) is 0 Å². The molecular weight excluding hydrogens is 260 g/mol. The zero-order valence-electron chi connectivity index (χ0n) is 11.3. The lowest BCUT2D eigenvalue weighted by molar-refractivity contribution is -0.123. The summed E-state index contributed by atoms with van der Waals surface area (Å²) in [7, 11) is 1.62. The first-order valence-corrected chi connectivity index (χ1v) is 6.64. The summed E-state index contributed by atoms with van der Waals surface area (Å²) in [6, 6.07) is 11.6. The van der Waals surface area contributed by atoms with E-state index in [9.17, 15) is 8.78 Å². The van der Waals surface area contributed by atoms with Gasteiger partial charge in [0, 0.05) is 24.8 Å². The molecule has 20 heavy (non-hydrogen) atoms. The van der Waals surface area contributed by atoms with Gasteiger partial charge < -0.3 is 10.5 Å². The van der Waals surface area contributed by atoms with Crippen LogP contribution >= 0.6 is 0 Å². The van der Waals surface area contributed by atoms with Crippen molar-refractivity contribution in [2.24, 2.45) is 5.73 Å². The summed E-state index contributed by atoms with van der Waals surface area (Å²) in [6.07, 6.45) is -0.309. The van der Waals surface area contributed by atoms with E-state index in [4.69, 9.17) is 10.5 Å². The Kier molecular flexibility index (Phi) is 2.94. The van der Waals surface area contributed by atoms with Crippen LogP contribution in [0.25, 0.3) is 10.8 Å². The van der Waals surface area contributed by atoms with Crippen LogP contribution in [0.3, 0.4) is 0 Å². The number of rotatable bonds is 3. The van der Waals surface area contributed by atoms with Crippen molar-refractivity contribution in [2.45, 2.75) is 24.2 Å². The van der Waals surface area contributed by atoms with E-state index in [0.29, 0.717) is 0 Å². The molecule has 0 atom stereocenters. The van der Waals surface area contributed by atoms with Gasteiger partial charge in [-0.15, -0.1) is 0 Å². The highest BCUT2D eigenvalue weighted by Crippen LogP contribution is 2.53. The SMILES string of the molecule is COc1ccc2cc(C3(CN)CC(F)(F)C3)ccc2c1. The van der Waals surface area contributed by atoms with Crippen LogP contribution in [0.15, 0.2) is 36.4 Å². The van der Waals surface area contributed by atoms with E-state index in [2.05, 4.69) is 0 Å². The van der Waals surface area contributed by atoms with Gasteiger partial charge in [-0.1, -0.05) is 24.3 Å². The standard InChI is InChI=1S/C16H17F2NO/c1-20-14-5-3-11-6-13(4-2-12(11)7-14)15(10-19)8-16(17,18)9-15/h2-7H,8-10,19H2,1H3. The number of alkyl halides is 2. The average molecular weight is 277 g/mol. The molecule has 3 rings (SSSR count). The summed E-state index contributed by atoms with van der Waals surface area (Å²) in [5.41, 5.74) is 6.09. The molecule has 0 amide bonds. The lowest BCUT2D eigenvalue weighted by Gasteiger charge is -2.47. The highest BCUT2D eigenvalue weighted by atomic mass is 19.3. The van der Waals surface area contributed by atoms with Gasteiger partial charge in [-0.3, -0.25) is 0 Å². The molecule has 2 aromatic rings. The highest BCUT2D eigenvalue weighted by Gasteiger charge is 2.56. The lowest BCUT2D eigenvalue weighted by Crippen LogP contribution is -2.53. The van der Waals surface area contributed by atoms with E-state index in [1.54, 1.807) is 7.11 Å². The lowest BCUT2D eigenvalue weighted by atomic mass is 9.62. The smallest absolute Gasteiger partial charge is 0.250 e. The molecule has 0 saturated heterocycles. The molecule has 0 bridgehead atoms. The minimum Gasteiger partial charge on any atom is -0.497 e. The fourth-order valence-electron chi connectivity index (χ4n) is 3.09. The van der Waals surface area contributed by atoms with Crippen LogP contribution in [0.1, 0.15) is 18.4 Å². The maximum Gasteiger partial charge on any atom is 0.250 e. The van der Waals surface area contributed by atoms with Gasteiger partial charge in [0.15, 0.2) is 0 Å². The maximum absolute atomic E-state index is 13.2. The highest BCUT2D eigenvalue weighted by molar-refractivity contribution is 5.84. The van der Waals surface area contributed by atoms with Crippen molar-refractivity contribution in [3.05, 3.63) is 42.0 Å². The molecule has 0 unspecified atom stereocenters. The van der Waals surface area contributed by atoms with Crippen LogP contribution in [-0.4, -0.2) is 19.6 Å². The van der Waals surface area contributed by atoms with Crippen molar-refractivity contribution < 1.29 is 13.5 Å². The van der Waals surface area contributed by atoms with Crippen LogP contribution in [0.2, 0.25) is 0 Å². The molecule has 2 nitrogen and oxygen atoms in total. The van der Waals surface area contributed by atoms with Crippen LogP contribution in [0, 0.1) is 0 Å². The Labute approximate surface area is 116 Å². The zero-order chi connectivity index (χ0) is 14.4. The summed E-state index contributed by atoms with van der Waals surface area (Å²) >= 11 is 0. The molecule has 1 aliphatic carbocycles. The quantitative estimate of drug-likeness (QED) is 0.932. The Morgan fingerprint density at radius 3 is 2.35 bits per heavy atom. The molecule has 1 saturated carbocycles. The van der Waals surface area contributed by atoms with Crippen molar-refractivity contribution in [3.8, 4) is 5.75 Å². The van der Waals surface area contributed by atoms with Crippen molar-refractivity contribution >= 4 is 10.8 Å². The first-order chi connectivity index (χ1) is 9.48. The second kappa shape index (κ2) is 4.42. The van der Waals surface area contributed by atoms with Crippen LogP contribution in [0.5, 0.6) is 5.75 Å². The Balaban J connectivity index is 2.01. The van der Waals surface area contributed by atoms with Gasteiger partial charge in [-0.2, -0.15) is 0 Å². The van der Waals surface area contributed by atoms with E-state index < -0.39 is 11.3 Å².